The van der Waals surface area contributed by atoms with Gasteiger partial charge in [-0.05, 0) is 23.6 Å². The fourth-order valence-electron chi connectivity index (χ4n) is 2.08. The van der Waals surface area contributed by atoms with E-state index < -0.39 is 0 Å². The lowest BCUT2D eigenvalue weighted by Crippen LogP contribution is -2.23. The van der Waals surface area contributed by atoms with Crippen molar-refractivity contribution in [2.75, 3.05) is 0 Å². The molecule has 0 saturated carbocycles. The number of halogens is 1. The predicted molar refractivity (Wildman–Crippen MR) is 85.6 cm³/mol. The lowest BCUT2D eigenvalue weighted by molar-refractivity contribution is 0.625. The van der Waals surface area contributed by atoms with Crippen LogP contribution in [-0.2, 0) is 0 Å². The molecule has 0 N–H and O–H groups in total. The molecule has 0 bridgehead atoms. The average molecular weight is 329 g/mol. The highest BCUT2D eigenvalue weighted by molar-refractivity contribution is 7.15. The molecule has 3 aromatic heterocycles. The number of hydrogen-bond acceptors (Lipinski definition) is 5. The maximum atomic E-state index is 13.7. The number of fused-ring (bicyclic) bond motifs is 1. The summed E-state index contributed by atoms with van der Waals surface area (Å²) in [4.78, 5) is 18.1. The van der Waals surface area contributed by atoms with Crippen molar-refractivity contribution < 1.29 is 4.39 Å². The van der Waals surface area contributed by atoms with Crippen LogP contribution in [0.3, 0.4) is 0 Å². The zero-order chi connectivity index (χ0) is 15.1. The molecule has 7 heteroatoms. The number of aromatic nitrogens is 3. The minimum Gasteiger partial charge on any atom is -0.266 e. The van der Waals surface area contributed by atoms with Crippen molar-refractivity contribution in [2.24, 2.45) is 0 Å². The Balaban J connectivity index is 1.88. The smallest absolute Gasteiger partial charge is 0.266 e. The van der Waals surface area contributed by atoms with E-state index in [0.717, 1.165) is 4.88 Å². The highest BCUT2D eigenvalue weighted by atomic mass is 32.1. The van der Waals surface area contributed by atoms with Crippen LogP contribution >= 0.6 is 22.7 Å². The molecular weight excluding hydrogens is 321 g/mol. The van der Waals surface area contributed by atoms with Crippen LogP contribution in [0.1, 0.15) is 5.56 Å². The molecule has 0 aliphatic heterocycles. The summed E-state index contributed by atoms with van der Waals surface area (Å²) in [5, 5.41) is 6.17. The van der Waals surface area contributed by atoms with Crippen LogP contribution in [0, 0.1) is 5.82 Å². The summed E-state index contributed by atoms with van der Waals surface area (Å²) in [6.45, 7) is 0. The molecule has 3 heterocycles. The van der Waals surface area contributed by atoms with Crippen molar-refractivity contribution in [3.63, 3.8) is 0 Å². The number of thiophene rings is 1. The Morgan fingerprint density at radius 2 is 2.05 bits per heavy atom. The Bertz CT molecular complexity index is 1070. The second-order valence-electron chi connectivity index (χ2n) is 4.54. The summed E-state index contributed by atoms with van der Waals surface area (Å²) in [5.74, 6) is 0.177. The minimum atomic E-state index is -0.361. The zero-order valence-corrected chi connectivity index (χ0v) is 12.7. The van der Waals surface area contributed by atoms with Crippen LogP contribution in [0.2, 0.25) is 0 Å². The van der Waals surface area contributed by atoms with Crippen LogP contribution in [0.15, 0.2) is 46.6 Å². The van der Waals surface area contributed by atoms with Gasteiger partial charge in [-0.15, -0.1) is 16.4 Å². The van der Waals surface area contributed by atoms with Crippen LogP contribution in [0.4, 0.5) is 4.39 Å². The van der Waals surface area contributed by atoms with E-state index in [4.69, 9.17) is 0 Å². The summed E-state index contributed by atoms with van der Waals surface area (Å²) >= 11 is 2.72. The normalized spacial score (nSPS) is 12.3. The second-order valence-corrected chi connectivity index (χ2v) is 6.50. The van der Waals surface area contributed by atoms with Gasteiger partial charge < -0.3 is 0 Å². The lowest BCUT2D eigenvalue weighted by atomic mass is 10.2. The molecule has 0 unspecified atom stereocenters. The van der Waals surface area contributed by atoms with E-state index in [1.807, 2.05) is 17.5 Å². The van der Waals surface area contributed by atoms with Gasteiger partial charge >= 0.3 is 0 Å². The lowest BCUT2D eigenvalue weighted by Gasteiger charge is -1.92. The SMILES string of the molecule is O=c1c(=Cc2ccccc2F)sc2nc(-c3cccs3)nn12. The number of nitrogens with zero attached hydrogens (tertiary/aromatic N) is 3. The summed E-state index contributed by atoms with van der Waals surface area (Å²) in [5.41, 5.74) is 0.0983. The van der Waals surface area contributed by atoms with Crippen LogP contribution < -0.4 is 10.1 Å². The molecule has 0 amide bonds. The van der Waals surface area contributed by atoms with Crippen molar-refractivity contribution in [3.05, 3.63) is 68.0 Å². The Morgan fingerprint density at radius 1 is 1.18 bits per heavy atom. The number of benzene rings is 1. The van der Waals surface area contributed by atoms with Crippen molar-refractivity contribution >= 4 is 33.7 Å². The number of hydrogen-bond donors (Lipinski definition) is 0. The third-order valence-electron chi connectivity index (χ3n) is 3.12. The van der Waals surface area contributed by atoms with Crippen LogP contribution in [0.25, 0.3) is 21.7 Å². The highest BCUT2D eigenvalue weighted by Gasteiger charge is 2.12. The van der Waals surface area contributed by atoms with Gasteiger partial charge in [-0.1, -0.05) is 35.6 Å². The molecule has 4 rings (SSSR count). The summed E-state index contributed by atoms with van der Waals surface area (Å²) in [6, 6.07) is 10.1. The molecule has 1 aromatic carbocycles. The van der Waals surface area contributed by atoms with Crippen molar-refractivity contribution in [1.29, 1.82) is 0 Å². The maximum Gasteiger partial charge on any atom is 0.291 e. The Hall–Kier alpha value is -2.38. The van der Waals surface area contributed by atoms with Gasteiger partial charge in [0.2, 0.25) is 4.96 Å². The third-order valence-corrected chi connectivity index (χ3v) is 4.94. The quantitative estimate of drug-likeness (QED) is 0.568. The predicted octanol–water partition coefficient (Wildman–Crippen LogP) is 2.57. The summed E-state index contributed by atoms with van der Waals surface area (Å²) in [7, 11) is 0. The first-order valence-corrected chi connectivity index (χ1v) is 8.12. The maximum absolute atomic E-state index is 13.7. The van der Waals surface area contributed by atoms with Crippen LogP contribution in [0.5, 0.6) is 0 Å². The van der Waals surface area contributed by atoms with E-state index in [2.05, 4.69) is 10.1 Å². The Labute approximate surface area is 131 Å². The number of thiazole rings is 1. The van der Waals surface area contributed by atoms with E-state index in [1.54, 1.807) is 18.2 Å². The second kappa shape index (κ2) is 5.11. The minimum absolute atomic E-state index is 0.279. The van der Waals surface area contributed by atoms with Gasteiger partial charge in [0.25, 0.3) is 5.56 Å². The molecule has 0 spiro atoms. The fourth-order valence-corrected chi connectivity index (χ4v) is 3.63. The van der Waals surface area contributed by atoms with Gasteiger partial charge in [-0.2, -0.15) is 9.50 Å². The molecule has 0 fully saturated rings. The van der Waals surface area contributed by atoms with Gasteiger partial charge in [-0.3, -0.25) is 4.79 Å². The molecule has 22 heavy (non-hydrogen) atoms. The molecule has 0 aliphatic rings. The van der Waals surface area contributed by atoms with Gasteiger partial charge in [0.1, 0.15) is 5.82 Å². The first-order chi connectivity index (χ1) is 10.7. The topological polar surface area (TPSA) is 47.3 Å². The highest BCUT2D eigenvalue weighted by Crippen LogP contribution is 2.21. The van der Waals surface area contributed by atoms with Gasteiger partial charge in [0, 0.05) is 5.56 Å². The largest absolute Gasteiger partial charge is 0.291 e. The van der Waals surface area contributed by atoms with E-state index in [1.165, 1.54) is 39.3 Å². The Morgan fingerprint density at radius 3 is 2.77 bits per heavy atom. The molecule has 0 aliphatic carbocycles. The van der Waals surface area contributed by atoms with Crippen molar-refractivity contribution in [2.45, 2.75) is 0 Å². The standard InChI is InChI=1S/C15H8FN3OS2/c16-10-5-2-1-4-9(10)8-12-14(20)19-15(22-12)17-13(18-19)11-6-3-7-21-11/h1-8H. The monoisotopic (exact) mass is 329 g/mol. The summed E-state index contributed by atoms with van der Waals surface area (Å²) in [6.07, 6.45) is 1.53. The molecule has 108 valence electrons. The summed E-state index contributed by atoms with van der Waals surface area (Å²) < 4.78 is 15.4. The van der Waals surface area contributed by atoms with E-state index in [9.17, 15) is 9.18 Å². The van der Waals surface area contributed by atoms with Crippen molar-refractivity contribution in [3.8, 4) is 10.7 Å². The molecule has 0 saturated heterocycles. The van der Waals surface area contributed by atoms with Gasteiger partial charge in [0.15, 0.2) is 5.82 Å². The zero-order valence-electron chi connectivity index (χ0n) is 11.1. The first kappa shape index (κ1) is 13.3. The number of rotatable bonds is 2. The van der Waals surface area contributed by atoms with E-state index in [0.29, 0.717) is 20.9 Å². The molecular formula is C15H8FN3OS2. The fraction of sp³-hybridized carbons (Fsp3) is 0. The third kappa shape index (κ3) is 2.15. The average Bonchev–Trinajstić information content (AvgIpc) is 3.20. The van der Waals surface area contributed by atoms with E-state index >= 15 is 0 Å². The molecule has 0 atom stereocenters. The first-order valence-electron chi connectivity index (χ1n) is 6.42. The van der Waals surface area contributed by atoms with Crippen molar-refractivity contribution in [1.82, 2.24) is 14.6 Å². The van der Waals surface area contributed by atoms with E-state index in [-0.39, 0.29) is 11.4 Å². The molecule has 0 radical (unpaired) electrons. The Kier molecular flexibility index (Phi) is 3.09. The molecule has 4 aromatic rings. The molecule has 4 nitrogen and oxygen atoms in total. The van der Waals surface area contributed by atoms with Gasteiger partial charge in [-0.25, -0.2) is 4.39 Å². The van der Waals surface area contributed by atoms with Gasteiger partial charge in [0.05, 0.1) is 9.41 Å². The van der Waals surface area contributed by atoms with Crippen LogP contribution in [-0.4, -0.2) is 14.6 Å².